The summed E-state index contributed by atoms with van der Waals surface area (Å²) in [5, 5.41) is 6.13. The minimum absolute atomic E-state index is 0.0293. The first kappa shape index (κ1) is 26.1. The number of benzene rings is 1. The van der Waals surface area contributed by atoms with E-state index in [0.29, 0.717) is 51.8 Å². The Bertz CT molecular complexity index is 1350. The molecule has 0 radical (unpaired) electrons. The first-order chi connectivity index (χ1) is 18.2. The van der Waals surface area contributed by atoms with Gasteiger partial charge in [-0.25, -0.2) is 18.7 Å². The Balaban J connectivity index is 1.43. The highest BCUT2D eigenvalue weighted by atomic mass is 19.3. The number of hydrogen-bond donors (Lipinski definition) is 3. The Hall–Kier alpha value is -3.56. The average Bonchev–Trinajstić information content (AvgIpc) is 3.63. The van der Waals surface area contributed by atoms with Crippen LogP contribution in [0.15, 0.2) is 24.5 Å². The number of alkyl halides is 2. The molecule has 3 atom stereocenters. The van der Waals surface area contributed by atoms with Gasteiger partial charge in [0.1, 0.15) is 23.3 Å². The van der Waals surface area contributed by atoms with E-state index in [4.69, 9.17) is 4.74 Å². The predicted octanol–water partition coefficient (Wildman–Crippen LogP) is 5.08. The van der Waals surface area contributed by atoms with Crippen LogP contribution in [0.5, 0.6) is 5.75 Å². The largest absolute Gasteiger partial charge is 0.493 e. The van der Waals surface area contributed by atoms with E-state index < -0.39 is 6.43 Å². The summed E-state index contributed by atoms with van der Waals surface area (Å²) >= 11 is 0. The second-order valence-electron chi connectivity index (χ2n) is 10.6. The molecule has 2 aliphatic rings. The fourth-order valence-electron chi connectivity index (χ4n) is 5.35. The number of aromatic nitrogens is 3. The molecule has 8 nitrogen and oxygen atoms in total. The third-order valence-electron chi connectivity index (χ3n) is 7.57. The molecule has 0 bridgehead atoms. The van der Waals surface area contributed by atoms with Gasteiger partial charge < -0.3 is 20.4 Å². The standard InChI is InChI=1S/C28H33F2N5O3/c1-14-10-19(7-8-21(14)34-16(3)36)35-28(37)23-15(2)33-26-24(31-13-32-25(23)26)20-11-18(27(29)30)6-9-22(20)38-12-17-4-5-17/h6,9,11,13-14,17,19,21,27,33H,4-5,7-8,10,12H2,1-3H3,(H,34,36)(H,35,37)/t14-,19-,21+/m1/s1. The molecular formula is C28H33F2N5O3. The van der Waals surface area contributed by atoms with Crippen LogP contribution < -0.4 is 15.4 Å². The zero-order valence-corrected chi connectivity index (χ0v) is 21.8. The van der Waals surface area contributed by atoms with Crippen LogP contribution in [0.4, 0.5) is 8.78 Å². The van der Waals surface area contributed by atoms with Gasteiger partial charge in [-0.05, 0) is 69.1 Å². The number of H-pyrrole nitrogens is 1. The number of fused-ring (bicyclic) bond motifs is 1. The van der Waals surface area contributed by atoms with Crippen molar-refractivity contribution in [3.63, 3.8) is 0 Å². The summed E-state index contributed by atoms with van der Waals surface area (Å²) in [5.41, 5.74) is 2.68. The van der Waals surface area contributed by atoms with Crippen molar-refractivity contribution in [1.29, 1.82) is 0 Å². The molecule has 2 fully saturated rings. The van der Waals surface area contributed by atoms with Gasteiger partial charge in [0.25, 0.3) is 12.3 Å². The number of ether oxygens (including phenoxy) is 1. The highest BCUT2D eigenvalue weighted by molar-refractivity contribution is 6.09. The highest BCUT2D eigenvalue weighted by Crippen LogP contribution is 2.38. The van der Waals surface area contributed by atoms with Gasteiger partial charge >= 0.3 is 0 Å². The lowest BCUT2D eigenvalue weighted by atomic mass is 9.82. The lowest BCUT2D eigenvalue weighted by molar-refractivity contribution is -0.120. The summed E-state index contributed by atoms with van der Waals surface area (Å²) in [7, 11) is 0. The van der Waals surface area contributed by atoms with Crippen LogP contribution in [0, 0.1) is 18.8 Å². The number of nitrogens with zero attached hydrogens (tertiary/aromatic N) is 2. The number of aromatic amines is 1. The van der Waals surface area contributed by atoms with Crippen molar-refractivity contribution in [1.82, 2.24) is 25.6 Å². The van der Waals surface area contributed by atoms with Crippen molar-refractivity contribution in [3.8, 4) is 17.0 Å². The van der Waals surface area contributed by atoms with Crippen LogP contribution in [0.3, 0.4) is 0 Å². The Morgan fingerprint density at radius 2 is 1.95 bits per heavy atom. The molecule has 0 saturated heterocycles. The SMILES string of the molecule is CC(=O)N[C@H]1CC[C@@H](NC(=O)c2c(C)[nH]c3c(-c4cc(C(F)F)ccc4OCC4CC4)ncnc23)C[C@H]1C. The molecule has 2 aliphatic carbocycles. The van der Waals surface area contributed by atoms with Crippen molar-refractivity contribution in [2.24, 2.45) is 11.8 Å². The number of carbonyl (C=O) groups is 2. The van der Waals surface area contributed by atoms with Gasteiger partial charge in [0.2, 0.25) is 5.91 Å². The highest BCUT2D eigenvalue weighted by Gasteiger charge is 2.31. The molecule has 3 N–H and O–H groups in total. The van der Waals surface area contributed by atoms with E-state index in [2.05, 4.69) is 32.5 Å². The summed E-state index contributed by atoms with van der Waals surface area (Å²) in [5.74, 6) is 0.897. The maximum absolute atomic E-state index is 13.6. The van der Waals surface area contributed by atoms with Crippen molar-refractivity contribution in [2.75, 3.05) is 6.61 Å². The summed E-state index contributed by atoms with van der Waals surface area (Å²) in [6.07, 6.45) is 3.20. The molecule has 0 unspecified atom stereocenters. The first-order valence-corrected chi connectivity index (χ1v) is 13.2. The zero-order chi connectivity index (χ0) is 27.0. The van der Waals surface area contributed by atoms with E-state index in [1.807, 2.05) is 0 Å². The molecule has 2 amide bonds. The van der Waals surface area contributed by atoms with Gasteiger partial charge in [0.05, 0.1) is 17.7 Å². The summed E-state index contributed by atoms with van der Waals surface area (Å²) in [4.78, 5) is 36.9. The van der Waals surface area contributed by atoms with E-state index in [1.165, 1.54) is 25.4 Å². The smallest absolute Gasteiger partial charge is 0.263 e. The van der Waals surface area contributed by atoms with Crippen LogP contribution in [0.2, 0.25) is 0 Å². The summed E-state index contributed by atoms with van der Waals surface area (Å²) in [6.45, 7) is 5.90. The van der Waals surface area contributed by atoms with Crippen LogP contribution in [-0.2, 0) is 4.79 Å². The number of hydrogen-bond acceptors (Lipinski definition) is 5. The van der Waals surface area contributed by atoms with Gasteiger partial charge in [0.15, 0.2) is 0 Å². The molecule has 2 heterocycles. The van der Waals surface area contributed by atoms with Crippen molar-refractivity contribution >= 4 is 22.8 Å². The molecule has 0 aliphatic heterocycles. The summed E-state index contributed by atoms with van der Waals surface area (Å²) in [6, 6.07) is 4.41. The quantitative estimate of drug-likeness (QED) is 0.380. The second-order valence-corrected chi connectivity index (χ2v) is 10.6. The number of rotatable bonds is 8. The van der Waals surface area contributed by atoms with Crippen LogP contribution in [0.1, 0.15) is 74.0 Å². The zero-order valence-electron chi connectivity index (χ0n) is 21.8. The average molecular weight is 526 g/mol. The first-order valence-electron chi connectivity index (χ1n) is 13.2. The fourth-order valence-corrected chi connectivity index (χ4v) is 5.35. The molecule has 38 heavy (non-hydrogen) atoms. The third kappa shape index (κ3) is 5.49. The van der Waals surface area contributed by atoms with Crippen molar-refractivity contribution in [2.45, 2.75) is 71.4 Å². The number of nitrogens with one attached hydrogen (secondary N) is 3. The van der Waals surface area contributed by atoms with E-state index in [1.54, 1.807) is 13.0 Å². The molecule has 202 valence electrons. The molecule has 2 saturated carbocycles. The Morgan fingerprint density at radius 1 is 1.16 bits per heavy atom. The maximum Gasteiger partial charge on any atom is 0.263 e. The molecule has 0 spiro atoms. The predicted molar refractivity (Wildman–Crippen MR) is 139 cm³/mol. The van der Waals surface area contributed by atoms with Crippen LogP contribution in [0.25, 0.3) is 22.3 Å². The van der Waals surface area contributed by atoms with Gasteiger partial charge in [-0.15, -0.1) is 0 Å². The molecule has 1 aromatic carbocycles. The van der Waals surface area contributed by atoms with Crippen molar-refractivity contribution < 1.29 is 23.1 Å². The van der Waals surface area contributed by atoms with Gasteiger partial charge in [-0.3, -0.25) is 9.59 Å². The molecule has 10 heteroatoms. The molecule has 2 aromatic heterocycles. The second kappa shape index (κ2) is 10.7. The maximum atomic E-state index is 13.6. The number of aryl methyl sites for hydroxylation is 1. The fraction of sp³-hybridized carbons (Fsp3) is 0.500. The topological polar surface area (TPSA) is 109 Å². The number of amides is 2. The Labute approximate surface area is 220 Å². The van der Waals surface area contributed by atoms with Crippen molar-refractivity contribution in [3.05, 3.63) is 41.3 Å². The number of halogens is 2. The minimum Gasteiger partial charge on any atom is -0.493 e. The molecule has 3 aromatic rings. The van der Waals surface area contributed by atoms with Gasteiger partial charge in [-0.1, -0.05) is 6.92 Å². The van der Waals surface area contributed by atoms with Gasteiger partial charge in [0, 0.05) is 35.8 Å². The number of carbonyl (C=O) groups excluding carboxylic acids is 2. The third-order valence-corrected chi connectivity index (χ3v) is 7.57. The monoisotopic (exact) mass is 525 g/mol. The normalized spacial score (nSPS) is 21.5. The van der Waals surface area contributed by atoms with E-state index in [0.717, 1.165) is 32.1 Å². The minimum atomic E-state index is -2.64. The van der Waals surface area contributed by atoms with Crippen LogP contribution >= 0.6 is 0 Å². The van der Waals surface area contributed by atoms with E-state index in [9.17, 15) is 18.4 Å². The van der Waals surface area contributed by atoms with E-state index in [-0.39, 0.29) is 35.4 Å². The van der Waals surface area contributed by atoms with Crippen LogP contribution in [-0.4, -0.2) is 45.5 Å². The Morgan fingerprint density at radius 3 is 2.63 bits per heavy atom. The summed E-state index contributed by atoms with van der Waals surface area (Å²) < 4.78 is 33.2. The lowest BCUT2D eigenvalue weighted by Gasteiger charge is -2.34. The molecular weight excluding hydrogens is 492 g/mol. The Kier molecular flexibility index (Phi) is 7.32. The molecule has 5 rings (SSSR count). The van der Waals surface area contributed by atoms with E-state index >= 15 is 0 Å². The lowest BCUT2D eigenvalue weighted by Crippen LogP contribution is -2.47. The van der Waals surface area contributed by atoms with Gasteiger partial charge in [-0.2, -0.15) is 0 Å².